The molecule has 0 atom stereocenters. The van der Waals surface area contributed by atoms with Gasteiger partial charge in [0.25, 0.3) is 5.71 Å². The molecule has 0 spiro atoms. The highest BCUT2D eigenvalue weighted by molar-refractivity contribution is 6.10. The maximum Gasteiger partial charge on any atom is 0.414 e. The molecule has 2 rings (SSSR count). The number of carbonyl (C=O) groups excluding carboxylic acids is 1. The number of nitrogens with zero attached hydrogens (tertiary/aromatic N) is 3. The van der Waals surface area contributed by atoms with Gasteiger partial charge in [0.2, 0.25) is 0 Å². The maximum absolute atomic E-state index is 11.5. The normalized spacial score (nSPS) is 11.5. The fourth-order valence-electron chi connectivity index (χ4n) is 1.83. The van der Waals surface area contributed by atoms with Crippen molar-refractivity contribution in [1.29, 1.82) is 0 Å². The molecule has 132 valence electrons. The van der Waals surface area contributed by atoms with E-state index >= 15 is 0 Å². The lowest BCUT2D eigenvalue weighted by Gasteiger charge is -2.10. The van der Waals surface area contributed by atoms with E-state index < -0.39 is 6.09 Å². The van der Waals surface area contributed by atoms with Crippen LogP contribution >= 0.6 is 11.8 Å². The minimum Gasteiger partial charge on any atom is -0.505 e. The highest BCUT2D eigenvalue weighted by atomic mass is 35.5. The molecule has 2 aromatic rings. The van der Waals surface area contributed by atoms with Gasteiger partial charge in [-0.3, -0.25) is 4.84 Å². The third-order valence-electron chi connectivity index (χ3n) is 3.23. The van der Waals surface area contributed by atoms with Crippen molar-refractivity contribution in [1.82, 2.24) is 9.88 Å². The second kappa shape index (κ2) is 8.34. The van der Waals surface area contributed by atoms with Gasteiger partial charge in [0.15, 0.2) is 12.3 Å². The predicted octanol–water partition coefficient (Wildman–Crippen LogP) is 2.95. The first kappa shape index (κ1) is 18.5. The Kier molecular flexibility index (Phi) is 6.19. The zero-order chi connectivity index (χ0) is 18.4. The number of pyridine rings is 1. The number of hydrogen-bond acceptors (Lipinski definition) is 5. The molecule has 1 aromatic heterocycles. The molecule has 0 aliphatic carbocycles. The zero-order valence-corrected chi connectivity index (χ0v) is 14.9. The summed E-state index contributed by atoms with van der Waals surface area (Å²) in [4.78, 5) is 22.3. The van der Waals surface area contributed by atoms with Gasteiger partial charge in [0.1, 0.15) is 11.5 Å². The van der Waals surface area contributed by atoms with E-state index in [4.69, 9.17) is 21.4 Å². The Hall–Kier alpha value is -2.80. The van der Waals surface area contributed by atoms with Crippen LogP contribution < -0.4 is 4.74 Å². The fraction of sp³-hybridized carbons (Fsp3) is 0.235. The van der Waals surface area contributed by atoms with Gasteiger partial charge in [-0.25, -0.2) is 9.78 Å². The van der Waals surface area contributed by atoms with Gasteiger partial charge in [-0.05, 0) is 29.8 Å². The van der Waals surface area contributed by atoms with Crippen LogP contribution in [-0.2, 0) is 11.4 Å². The van der Waals surface area contributed by atoms with Crippen LogP contribution in [0.3, 0.4) is 0 Å². The van der Waals surface area contributed by atoms with Crippen LogP contribution in [0.4, 0.5) is 4.79 Å². The summed E-state index contributed by atoms with van der Waals surface area (Å²) in [6, 6.07) is 9.99. The molecule has 8 heteroatoms. The Morgan fingerprint density at radius 1 is 1.28 bits per heavy atom. The molecule has 1 aromatic carbocycles. The van der Waals surface area contributed by atoms with Crippen molar-refractivity contribution in [2.75, 3.05) is 14.1 Å². The largest absolute Gasteiger partial charge is 0.505 e. The van der Waals surface area contributed by atoms with Crippen molar-refractivity contribution in [2.45, 2.75) is 13.5 Å². The molecule has 7 nitrogen and oxygen atoms in total. The Balaban J connectivity index is 2.00. The quantitative estimate of drug-likeness (QED) is 0.501. The first-order chi connectivity index (χ1) is 11.9. The van der Waals surface area contributed by atoms with Crippen molar-refractivity contribution >= 4 is 23.6 Å². The average Bonchev–Trinajstić information content (AvgIpc) is 2.60. The van der Waals surface area contributed by atoms with Crippen LogP contribution in [-0.4, -0.2) is 45.1 Å². The summed E-state index contributed by atoms with van der Waals surface area (Å²) in [6.45, 7) is 1.87. The molecule has 0 saturated heterocycles. The summed E-state index contributed by atoms with van der Waals surface area (Å²) >= 11 is 6.07. The first-order valence-electron chi connectivity index (χ1n) is 7.43. The highest BCUT2D eigenvalue weighted by Gasteiger charge is 2.19. The Morgan fingerprint density at radius 3 is 2.56 bits per heavy atom. The SMILES string of the molecule is CC(c1ncccc1O)=[N+](Cl)OCc1ccc(OC(=O)N(C)C)cc1. The van der Waals surface area contributed by atoms with Crippen molar-refractivity contribution in [3.8, 4) is 11.5 Å². The topological polar surface area (TPSA) is 74.9 Å². The van der Waals surface area contributed by atoms with E-state index in [0.717, 1.165) is 9.82 Å². The summed E-state index contributed by atoms with van der Waals surface area (Å²) in [5, 5.41) is 9.79. The van der Waals surface area contributed by atoms with Gasteiger partial charge in [-0.2, -0.15) is 0 Å². The molecule has 1 heterocycles. The second-order valence-electron chi connectivity index (χ2n) is 5.38. The molecule has 0 fully saturated rings. The third kappa shape index (κ3) is 5.09. The van der Waals surface area contributed by atoms with Crippen LogP contribution in [0.5, 0.6) is 11.5 Å². The van der Waals surface area contributed by atoms with Crippen LogP contribution in [0, 0.1) is 0 Å². The molecule has 0 aliphatic heterocycles. The minimum atomic E-state index is -0.448. The highest BCUT2D eigenvalue weighted by Crippen LogP contribution is 2.16. The van der Waals surface area contributed by atoms with Crippen molar-refractivity contribution in [3.05, 3.63) is 53.9 Å². The lowest BCUT2D eigenvalue weighted by molar-refractivity contribution is -0.688. The molecule has 1 N–H and O–H groups in total. The zero-order valence-electron chi connectivity index (χ0n) is 14.1. The number of amides is 1. The van der Waals surface area contributed by atoms with E-state index in [0.29, 0.717) is 17.2 Å². The van der Waals surface area contributed by atoms with Crippen molar-refractivity contribution in [2.24, 2.45) is 0 Å². The molecule has 0 saturated carbocycles. The fourth-order valence-corrected chi connectivity index (χ4v) is 1.96. The van der Waals surface area contributed by atoms with E-state index in [2.05, 4.69) is 4.98 Å². The van der Waals surface area contributed by atoms with Crippen molar-refractivity contribution in [3.63, 3.8) is 0 Å². The minimum absolute atomic E-state index is 0.0151. The predicted molar refractivity (Wildman–Crippen MR) is 92.7 cm³/mol. The number of benzene rings is 1. The molecule has 1 amide bonds. The Labute approximate surface area is 150 Å². The number of ether oxygens (including phenoxy) is 1. The van der Waals surface area contributed by atoms with Gasteiger partial charge >= 0.3 is 17.9 Å². The van der Waals surface area contributed by atoms with Crippen LogP contribution in [0.2, 0.25) is 0 Å². The summed E-state index contributed by atoms with van der Waals surface area (Å²) in [5.74, 6) is 0.452. The number of hydrogen-bond donors (Lipinski definition) is 1. The van der Waals surface area contributed by atoms with Crippen molar-refractivity contribution < 1.29 is 23.7 Å². The number of rotatable bonds is 5. The average molecular weight is 365 g/mol. The summed E-state index contributed by atoms with van der Waals surface area (Å²) in [5.41, 5.74) is 1.62. The molecule has 25 heavy (non-hydrogen) atoms. The number of halogens is 1. The van der Waals surface area contributed by atoms with E-state index in [1.165, 1.54) is 11.0 Å². The van der Waals surface area contributed by atoms with Crippen LogP contribution in [0.15, 0.2) is 42.6 Å². The van der Waals surface area contributed by atoms with Crippen LogP contribution in [0.25, 0.3) is 0 Å². The molecular weight excluding hydrogens is 346 g/mol. The van der Waals surface area contributed by atoms with Gasteiger partial charge < -0.3 is 14.7 Å². The third-order valence-corrected chi connectivity index (χ3v) is 3.58. The summed E-state index contributed by atoms with van der Waals surface area (Å²) in [6.07, 6.45) is 1.10. The van der Waals surface area contributed by atoms with E-state index in [-0.39, 0.29) is 12.4 Å². The number of carbonyl (C=O) groups is 1. The Bertz CT molecular complexity index is 776. The number of aromatic nitrogens is 1. The molecular formula is C17H19ClN3O4+. The first-order valence-corrected chi connectivity index (χ1v) is 7.77. The molecule has 0 unspecified atom stereocenters. The lowest BCUT2D eigenvalue weighted by atomic mass is 10.2. The van der Waals surface area contributed by atoms with Gasteiger partial charge in [0, 0.05) is 27.2 Å². The standard InChI is InChI=1S/C17H18ClN3O4/c1-12(16-15(22)5-4-10-19-16)21(18)24-11-13-6-8-14(9-7-13)25-17(23)20(2)3/h4-10H,11H2,1-3H3/p+1. The van der Waals surface area contributed by atoms with Crippen LogP contribution in [0.1, 0.15) is 18.2 Å². The number of aromatic hydroxyl groups is 1. The van der Waals surface area contributed by atoms with E-state index in [1.807, 2.05) is 0 Å². The molecule has 0 aliphatic rings. The summed E-state index contributed by atoms with van der Waals surface area (Å²) in [7, 11) is 3.22. The van der Waals surface area contributed by atoms with Gasteiger partial charge in [0.05, 0.1) is 4.26 Å². The second-order valence-corrected chi connectivity index (χ2v) is 5.69. The summed E-state index contributed by atoms with van der Waals surface area (Å²) < 4.78 is 6.16. The maximum atomic E-state index is 11.5. The lowest BCUT2D eigenvalue weighted by Crippen LogP contribution is -2.25. The van der Waals surface area contributed by atoms with E-state index in [1.54, 1.807) is 57.5 Å². The molecule has 0 bridgehead atoms. The van der Waals surface area contributed by atoms with Gasteiger partial charge in [-0.15, -0.1) is 0 Å². The smallest absolute Gasteiger partial charge is 0.414 e. The van der Waals surface area contributed by atoms with E-state index in [9.17, 15) is 9.90 Å². The molecule has 0 radical (unpaired) electrons. The monoisotopic (exact) mass is 364 g/mol. The van der Waals surface area contributed by atoms with Gasteiger partial charge in [-0.1, -0.05) is 12.1 Å². The Morgan fingerprint density at radius 2 is 1.96 bits per heavy atom.